The number of nitrogens with zero attached hydrogens (tertiary/aromatic N) is 1. The number of nitrogens with one attached hydrogen (secondary N) is 1. The van der Waals surface area contributed by atoms with Crippen LogP contribution in [-0.4, -0.2) is 19.7 Å². The van der Waals surface area contributed by atoms with Crippen LogP contribution in [0, 0.1) is 17.2 Å². The largest absolute Gasteiger partial charge is 0.493 e. The molecule has 2 atom stereocenters. The minimum absolute atomic E-state index is 0.530. The summed E-state index contributed by atoms with van der Waals surface area (Å²) in [6.07, 6.45) is 0. The standard InChI is InChI=1S/C12H12N2O/c13-4-8-1-2-12-10(3-8)11-6-14-5-9(11)7-15-12/h1-3,9,11,14H,5-7H2. The number of rotatable bonds is 0. The normalized spacial score (nSPS) is 27.4. The fraction of sp³-hybridized carbons (Fsp3) is 0.417. The molecular formula is C12H12N2O. The third kappa shape index (κ3) is 1.30. The van der Waals surface area contributed by atoms with Gasteiger partial charge in [-0.05, 0) is 18.2 Å². The molecule has 15 heavy (non-hydrogen) atoms. The van der Waals surface area contributed by atoms with E-state index in [1.54, 1.807) is 0 Å². The molecule has 0 radical (unpaired) electrons. The lowest BCUT2D eigenvalue weighted by Crippen LogP contribution is -2.24. The fourth-order valence-corrected chi connectivity index (χ4v) is 2.51. The van der Waals surface area contributed by atoms with Crippen molar-refractivity contribution >= 4 is 0 Å². The lowest BCUT2D eigenvalue weighted by atomic mass is 9.86. The Morgan fingerprint density at radius 1 is 1.40 bits per heavy atom. The number of fused-ring (bicyclic) bond motifs is 3. The zero-order valence-corrected chi connectivity index (χ0v) is 8.36. The van der Waals surface area contributed by atoms with E-state index in [0.717, 1.165) is 31.0 Å². The Hall–Kier alpha value is -1.53. The second kappa shape index (κ2) is 3.25. The van der Waals surface area contributed by atoms with Crippen LogP contribution in [0.3, 0.4) is 0 Å². The summed E-state index contributed by atoms with van der Waals surface area (Å²) in [5.41, 5.74) is 1.93. The summed E-state index contributed by atoms with van der Waals surface area (Å²) in [4.78, 5) is 0. The first-order chi connectivity index (χ1) is 7.38. The van der Waals surface area contributed by atoms with E-state index in [9.17, 15) is 0 Å². The Balaban J connectivity index is 2.07. The molecule has 3 nitrogen and oxygen atoms in total. The quantitative estimate of drug-likeness (QED) is 0.685. The predicted molar refractivity (Wildman–Crippen MR) is 55.8 cm³/mol. The second-order valence-corrected chi connectivity index (χ2v) is 4.20. The Bertz CT molecular complexity index is 436. The molecule has 2 aliphatic heterocycles. The van der Waals surface area contributed by atoms with Gasteiger partial charge in [-0.2, -0.15) is 5.26 Å². The molecule has 1 saturated heterocycles. The van der Waals surface area contributed by atoms with Gasteiger partial charge in [-0.15, -0.1) is 0 Å². The lowest BCUT2D eigenvalue weighted by molar-refractivity contribution is 0.219. The zero-order chi connectivity index (χ0) is 10.3. The third-order valence-electron chi connectivity index (χ3n) is 3.33. The van der Waals surface area contributed by atoms with Crippen LogP contribution in [0.15, 0.2) is 18.2 Å². The second-order valence-electron chi connectivity index (χ2n) is 4.20. The summed E-state index contributed by atoms with van der Waals surface area (Å²) >= 11 is 0. The average Bonchev–Trinajstić information content (AvgIpc) is 2.76. The van der Waals surface area contributed by atoms with E-state index in [1.807, 2.05) is 18.2 Å². The SMILES string of the molecule is N#Cc1ccc2c(c1)C1CNCC1CO2. The maximum Gasteiger partial charge on any atom is 0.122 e. The average molecular weight is 200 g/mol. The van der Waals surface area contributed by atoms with Crippen LogP contribution in [0.4, 0.5) is 0 Å². The van der Waals surface area contributed by atoms with Crippen LogP contribution in [0.1, 0.15) is 17.0 Å². The van der Waals surface area contributed by atoms with Gasteiger partial charge in [0.2, 0.25) is 0 Å². The summed E-state index contributed by atoms with van der Waals surface area (Å²) in [6, 6.07) is 7.89. The molecule has 3 rings (SSSR count). The molecule has 1 aromatic rings. The van der Waals surface area contributed by atoms with E-state index >= 15 is 0 Å². The van der Waals surface area contributed by atoms with Gasteiger partial charge in [-0.1, -0.05) is 0 Å². The molecule has 0 aromatic heterocycles. The van der Waals surface area contributed by atoms with Crippen molar-refractivity contribution in [1.82, 2.24) is 5.32 Å². The van der Waals surface area contributed by atoms with Crippen LogP contribution in [-0.2, 0) is 0 Å². The van der Waals surface area contributed by atoms with E-state index in [4.69, 9.17) is 10.00 Å². The minimum Gasteiger partial charge on any atom is -0.493 e. The molecule has 3 heteroatoms. The van der Waals surface area contributed by atoms with Gasteiger partial charge in [-0.3, -0.25) is 0 Å². The van der Waals surface area contributed by atoms with E-state index in [2.05, 4.69) is 11.4 Å². The molecule has 2 unspecified atom stereocenters. The zero-order valence-electron chi connectivity index (χ0n) is 8.36. The van der Waals surface area contributed by atoms with Gasteiger partial charge in [0.05, 0.1) is 18.2 Å². The van der Waals surface area contributed by atoms with Crippen molar-refractivity contribution in [2.75, 3.05) is 19.7 Å². The Morgan fingerprint density at radius 2 is 2.33 bits per heavy atom. The molecule has 0 saturated carbocycles. The molecular weight excluding hydrogens is 188 g/mol. The highest BCUT2D eigenvalue weighted by molar-refractivity contribution is 5.46. The van der Waals surface area contributed by atoms with Crippen molar-refractivity contribution in [2.24, 2.45) is 5.92 Å². The molecule has 1 fully saturated rings. The van der Waals surface area contributed by atoms with Gasteiger partial charge in [0.25, 0.3) is 0 Å². The van der Waals surface area contributed by atoms with Gasteiger partial charge >= 0.3 is 0 Å². The van der Waals surface area contributed by atoms with E-state index in [0.29, 0.717) is 11.8 Å². The molecule has 1 aromatic carbocycles. The number of nitriles is 1. The molecule has 76 valence electrons. The number of hydrogen-bond donors (Lipinski definition) is 1. The highest BCUT2D eigenvalue weighted by atomic mass is 16.5. The maximum atomic E-state index is 8.87. The predicted octanol–water partition coefficient (Wildman–Crippen LogP) is 1.25. The molecule has 0 bridgehead atoms. The summed E-state index contributed by atoms with van der Waals surface area (Å²) in [7, 11) is 0. The van der Waals surface area contributed by atoms with Crippen LogP contribution < -0.4 is 10.1 Å². The highest BCUT2D eigenvalue weighted by Gasteiger charge is 2.34. The topological polar surface area (TPSA) is 45.0 Å². The van der Waals surface area contributed by atoms with Crippen molar-refractivity contribution in [3.63, 3.8) is 0 Å². The van der Waals surface area contributed by atoms with Crippen molar-refractivity contribution in [1.29, 1.82) is 5.26 Å². The Morgan fingerprint density at radius 3 is 3.20 bits per heavy atom. The summed E-state index contributed by atoms with van der Waals surface area (Å²) in [5.74, 6) is 2.06. The molecule has 2 heterocycles. The molecule has 2 aliphatic rings. The fourth-order valence-electron chi connectivity index (χ4n) is 2.51. The molecule has 0 spiro atoms. The van der Waals surface area contributed by atoms with Crippen LogP contribution in [0.25, 0.3) is 0 Å². The number of hydrogen-bond acceptors (Lipinski definition) is 3. The van der Waals surface area contributed by atoms with Crippen molar-refractivity contribution < 1.29 is 4.74 Å². The Kier molecular flexibility index (Phi) is 1.90. The lowest BCUT2D eigenvalue weighted by Gasteiger charge is -2.27. The van der Waals surface area contributed by atoms with Gasteiger partial charge in [0.1, 0.15) is 5.75 Å². The van der Waals surface area contributed by atoms with E-state index in [1.165, 1.54) is 5.56 Å². The smallest absolute Gasteiger partial charge is 0.122 e. The molecule has 1 N–H and O–H groups in total. The first-order valence-electron chi connectivity index (χ1n) is 5.26. The van der Waals surface area contributed by atoms with Gasteiger partial charge in [-0.25, -0.2) is 0 Å². The van der Waals surface area contributed by atoms with Crippen molar-refractivity contribution in [3.05, 3.63) is 29.3 Å². The monoisotopic (exact) mass is 200 g/mol. The van der Waals surface area contributed by atoms with Gasteiger partial charge in [0, 0.05) is 30.5 Å². The summed E-state index contributed by atoms with van der Waals surface area (Å²) in [6.45, 7) is 2.84. The molecule has 0 amide bonds. The summed E-state index contributed by atoms with van der Waals surface area (Å²) in [5, 5.41) is 12.3. The number of benzene rings is 1. The number of ether oxygens (including phenoxy) is 1. The van der Waals surface area contributed by atoms with Gasteiger partial charge < -0.3 is 10.1 Å². The van der Waals surface area contributed by atoms with Crippen molar-refractivity contribution in [2.45, 2.75) is 5.92 Å². The highest BCUT2D eigenvalue weighted by Crippen LogP contribution is 2.39. The third-order valence-corrected chi connectivity index (χ3v) is 3.33. The summed E-state index contributed by atoms with van der Waals surface area (Å²) < 4.78 is 5.69. The molecule has 0 aliphatic carbocycles. The maximum absolute atomic E-state index is 8.87. The van der Waals surface area contributed by atoms with E-state index < -0.39 is 0 Å². The van der Waals surface area contributed by atoms with Crippen LogP contribution in [0.5, 0.6) is 5.75 Å². The van der Waals surface area contributed by atoms with Crippen LogP contribution >= 0.6 is 0 Å². The van der Waals surface area contributed by atoms with Gasteiger partial charge in [0.15, 0.2) is 0 Å². The van der Waals surface area contributed by atoms with Crippen LogP contribution in [0.2, 0.25) is 0 Å². The Labute approximate surface area is 88.7 Å². The minimum atomic E-state index is 0.530. The van der Waals surface area contributed by atoms with E-state index in [-0.39, 0.29) is 0 Å². The van der Waals surface area contributed by atoms with Crippen molar-refractivity contribution in [3.8, 4) is 11.8 Å². The first-order valence-corrected chi connectivity index (χ1v) is 5.26. The first kappa shape index (κ1) is 8.75.